The van der Waals surface area contributed by atoms with Crippen LogP contribution in [0.15, 0.2) is 78.9 Å². The van der Waals surface area contributed by atoms with Crippen molar-refractivity contribution >= 4 is 51.8 Å². The molecule has 11 heteroatoms. The van der Waals surface area contributed by atoms with Crippen LogP contribution in [-0.2, 0) is 35.6 Å². The number of anilines is 1. The maximum Gasteiger partial charge on any atom is 0.335 e. The standard InChI is InChI=1S/C36H29Cl2FN4O4/c1-47-18-20-5-2-4-19(12-20)16-43-29-17-42-28-11-9-21(34(44)45)13-27(28)40-33(42)30(29)31(24-6-3-7-25(38)32(24)39)36(43)15-22-8-10-23(37)14-26(22)41-35(36)46/h2-14,29-31H,15-18H2,1H3,(H,41,46)(H,44,45)/t29-,30+,31-,36+/m0/s1. The number of aromatic carboxylic acids is 1. The van der Waals surface area contributed by atoms with Gasteiger partial charge in [-0.1, -0.05) is 65.7 Å². The number of carboxylic acids is 1. The first-order valence-corrected chi connectivity index (χ1v) is 16.1. The summed E-state index contributed by atoms with van der Waals surface area (Å²) in [5.41, 5.74) is 4.05. The lowest BCUT2D eigenvalue weighted by molar-refractivity contribution is -0.129. The van der Waals surface area contributed by atoms with Crippen LogP contribution in [0.3, 0.4) is 0 Å². The molecule has 0 saturated carbocycles. The van der Waals surface area contributed by atoms with Gasteiger partial charge >= 0.3 is 5.97 Å². The minimum absolute atomic E-state index is 0.0269. The zero-order chi connectivity index (χ0) is 32.6. The first kappa shape index (κ1) is 30.1. The van der Waals surface area contributed by atoms with Gasteiger partial charge in [-0.2, -0.15) is 0 Å². The van der Waals surface area contributed by atoms with E-state index >= 15 is 4.39 Å². The van der Waals surface area contributed by atoms with Gasteiger partial charge in [-0.25, -0.2) is 14.2 Å². The number of nitrogens with zero attached hydrogens (tertiary/aromatic N) is 3. The fourth-order valence-electron chi connectivity index (χ4n) is 8.19. The van der Waals surface area contributed by atoms with Crippen molar-refractivity contribution in [1.82, 2.24) is 14.5 Å². The van der Waals surface area contributed by atoms with E-state index in [1.807, 2.05) is 24.3 Å². The van der Waals surface area contributed by atoms with Gasteiger partial charge in [0.2, 0.25) is 5.91 Å². The number of amides is 1. The highest BCUT2D eigenvalue weighted by atomic mass is 35.5. The van der Waals surface area contributed by atoms with Crippen molar-refractivity contribution in [2.75, 3.05) is 12.4 Å². The van der Waals surface area contributed by atoms with Crippen molar-refractivity contribution in [2.24, 2.45) is 0 Å². The molecule has 47 heavy (non-hydrogen) atoms. The molecular formula is C36H29Cl2FN4O4. The Balaban J connectivity index is 1.37. The maximum atomic E-state index is 16.3. The SMILES string of the molecule is COCc1cccc(CN2[C@H]3Cn4c(nc5cc(C(=O)O)ccc54)[C@H]3[C@H](c3cccc(Cl)c3F)[C@@]23Cc2ccc(Cl)cc2NC3=O)c1. The predicted molar refractivity (Wildman–Crippen MR) is 177 cm³/mol. The molecule has 2 N–H and O–H groups in total. The molecule has 0 aliphatic carbocycles. The number of hydrogen-bond acceptors (Lipinski definition) is 5. The lowest BCUT2D eigenvalue weighted by Gasteiger charge is -2.46. The molecule has 3 aliphatic rings. The van der Waals surface area contributed by atoms with E-state index in [4.69, 9.17) is 32.9 Å². The first-order valence-electron chi connectivity index (χ1n) is 15.3. The third kappa shape index (κ3) is 4.59. The Labute approximate surface area is 279 Å². The Bertz CT molecular complexity index is 2120. The molecule has 1 spiro atoms. The molecule has 4 aromatic carbocycles. The van der Waals surface area contributed by atoms with E-state index in [1.54, 1.807) is 49.6 Å². The van der Waals surface area contributed by atoms with Crippen LogP contribution in [0, 0.1) is 5.82 Å². The largest absolute Gasteiger partial charge is 0.478 e. The molecule has 1 fully saturated rings. The van der Waals surface area contributed by atoms with Crippen molar-refractivity contribution in [2.45, 2.75) is 49.5 Å². The van der Waals surface area contributed by atoms with Crippen LogP contribution >= 0.6 is 23.2 Å². The number of carboxylic acid groups (broad SMARTS) is 1. The highest BCUT2D eigenvalue weighted by molar-refractivity contribution is 6.31. The summed E-state index contributed by atoms with van der Waals surface area (Å²) in [6, 6.07) is 23.1. The molecule has 0 radical (unpaired) electrons. The summed E-state index contributed by atoms with van der Waals surface area (Å²) in [6.45, 7) is 1.32. The third-order valence-corrected chi connectivity index (χ3v) is 10.6. The van der Waals surface area contributed by atoms with Crippen molar-refractivity contribution in [3.63, 3.8) is 0 Å². The van der Waals surface area contributed by atoms with Crippen molar-refractivity contribution in [1.29, 1.82) is 0 Å². The Morgan fingerprint density at radius 3 is 2.70 bits per heavy atom. The number of rotatable bonds is 6. The van der Waals surface area contributed by atoms with Crippen LogP contribution in [0.1, 0.15) is 50.3 Å². The second kappa shape index (κ2) is 11.2. The van der Waals surface area contributed by atoms with Gasteiger partial charge in [0.05, 0.1) is 28.2 Å². The molecule has 3 aliphatic heterocycles. The van der Waals surface area contributed by atoms with Gasteiger partial charge in [-0.15, -0.1) is 0 Å². The zero-order valence-electron chi connectivity index (χ0n) is 25.2. The number of benzene rings is 4. The normalized spacial score (nSPS) is 23.1. The number of carbonyl (C=O) groups excluding carboxylic acids is 1. The Hall–Kier alpha value is -4.28. The Kier molecular flexibility index (Phi) is 7.14. The minimum atomic E-state index is -1.24. The topological polar surface area (TPSA) is 96.7 Å². The average Bonchev–Trinajstić information content (AvgIpc) is 3.66. The highest BCUT2D eigenvalue weighted by Gasteiger charge is 2.67. The number of aromatic nitrogens is 2. The molecule has 1 aromatic heterocycles. The van der Waals surface area contributed by atoms with Crippen LogP contribution in [0.5, 0.6) is 0 Å². The Morgan fingerprint density at radius 2 is 1.89 bits per heavy atom. The van der Waals surface area contributed by atoms with Crippen molar-refractivity contribution in [3.05, 3.63) is 128 Å². The number of likely N-dealkylation sites (tertiary alicyclic amines) is 1. The summed E-state index contributed by atoms with van der Waals surface area (Å²) in [4.78, 5) is 33.8. The number of methoxy groups -OCH3 is 1. The van der Waals surface area contributed by atoms with Gasteiger partial charge in [-0.3, -0.25) is 9.69 Å². The van der Waals surface area contributed by atoms with Crippen LogP contribution in [0.2, 0.25) is 10.0 Å². The van der Waals surface area contributed by atoms with Gasteiger partial charge in [-0.05, 0) is 58.7 Å². The van der Waals surface area contributed by atoms with Crippen LogP contribution in [0.25, 0.3) is 11.0 Å². The number of imidazole rings is 1. The monoisotopic (exact) mass is 670 g/mol. The molecule has 0 unspecified atom stereocenters. The first-order chi connectivity index (χ1) is 22.7. The van der Waals surface area contributed by atoms with Gasteiger partial charge in [0.25, 0.3) is 0 Å². The lowest BCUT2D eigenvalue weighted by Crippen LogP contribution is -2.61. The van der Waals surface area contributed by atoms with Gasteiger partial charge in [0.15, 0.2) is 0 Å². The van der Waals surface area contributed by atoms with E-state index in [-0.39, 0.29) is 22.5 Å². The predicted octanol–water partition coefficient (Wildman–Crippen LogP) is 7.03. The number of halogens is 3. The number of nitrogens with one attached hydrogen (secondary N) is 1. The van der Waals surface area contributed by atoms with Crippen LogP contribution in [-0.4, -0.2) is 50.1 Å². The molecule has 238 valence electrons. The fraction of sp³-hybridized carbons (Fsp3) is 0.250. The molecule has 5 aromatic rings. The van der Waals surface area contributed by atoms with E-state index in [2.05, 4.69) is 20.9 Å². The van der Waals surface area contributed by atoms with E-state index in [9.17, 15) is 14.7 Å². The number of fused-ring (bicyclic) bond motifs is 6. The van der Waals surface area contributed by atoms with E-state index in [0.717, 1.165) is 22.2 Å². The number of carbonyl (C=O) groups is 2. The summed E-state index contributed by atoms with van der Waals surface area (Å²) >= 11 is 12.8. The molecule has 8 rings (SSSR count). The summed E-state index contributed by atoms with van der Waals surface area (Å²) in [7, 11) is 1.65. The second-order valence-electron chi connectivity index (χ2n) is 12.5. The van der Waals surface area contributed by atoms with E-state index in [0.29, 0.717) is 53.7 Å². The summed E-state index contributed by atoms with van der Waals surface area (Å²) in [5, 5.41) is 13.3. The Morgan fingerprint density at radius 1 is 1.09 bits per heavy atom. The highest BCUT2D eigenvalue weighted by Crippen LogP contribution is 2.60. The van der Waals surface area contributed by atoms with Crippen LogP contribution in [0.4, 0.5) is 10.1 Å². The zero-order valence-corrected chi connectivity index (χ0v) is 26.7. The molecule has 8 nitrogen and oxygen atoms in total. The maximum absolute atomic E-state index is 16.3. The van der Waals surface area contributed by atoms with Gasteiger partial charge in [0, 0.05) is 55.2 Å². The van der Waals surface area contributed by atoms with Crippen molar-refractivity contribution in [3.8, 4) is 0 Å². The minimum Gasteiger partial charge on any atom is -0.478 e. The molecule has 1 saturated heterocycles. The fourth-order valence-corrected chi connectivity index (χ4v) is 8.54. The number of hydrogen-bond donors (Lipinski definition) is 2. The van der Waals surface area contributed by atoms with Gasteiger partial charge in [0.1, 0.15) is 17.2 Å². The molecule has 0 bridgehead atoms. The smallest absolute Gasteiger partial charge is 0.335 e. The molecular weight excluding hydrogens is 642 g/mol. The van der Waals surface area contributed by atoms with Crippen molar-refractivity contribution < 1.29 is 23.8 Å². The average molecular weight is 672 g/mol. The van der Waals surface area contributed by atoms with E-state index in [1.165, 1.54) is 6.07 Å². The molecule has 4 heterocycles. The van der Waals surface area contributed by atoms with Crippen LogP contribution < -0.4 is 5.32 Å². The summed E-state index contributed by atoms with van der Waals surface area (Å²) in [6.07, 6.45) is 0.302. The summed E-state index contributed by atoms with van der Waals surface area (Å²) in [5.74, 6) is -2.31. The second-order valence-corrected chi connectivity index (χ2v) is 13.4. The summed E-state index contributed by atoms with van der Waals surface area (Å²) < 4.78 is 23.8. The molecule has 1 amide bonds. The van der Waals surface area contributed by atoms with Gasteiger partial charge < -0.3 is 19.7 Å². The van der Waals surface area contributed by atoms with E-state index < -0.39 is 29.2 Å². The third-order valence-electron chi connectivity index (χ3n) is 10.0. The molecule has 4 atom stereocenters. The lowest BCUT2D eigenvalue weighted by atomic mass is 9.69. The quantitative estimate of drug-likeness (QED) is 0.201. The number of ether oxygens (including phenoxy) is 1.